The van der Waals surface area contributed by atoms with Gasteiger partial charge in [0.1, 0.15) is 0 Å². The van der Waals surface area contributed by atoms with Crippen LogP contribution in [-0.4, -0.2) is 18.0 Å². The summed E-state index contributed by atoms with van der Waals surface area (Å²) in [5.74, 6) is 3.10. The van der Waals surface area contributed by atoms with Crippen LogP contribution in [0.1, 0.15) is 77.2 Å². The van der Waals surface area contributed by atoms with Gasteiger partial charge in [-0.1, -0.05) is 50.6 Å². The predicted octanol–water partition coefficient (Wildman–Crippen LogP) is 4.79. The van der Waals surface area contributed by atoms with E-state index in [9.17, 15) is 4.79 Å². The molecule has 0 heterocycles. The smallest absolute Gasteiger partial charge is 0.226 e. The summed E-state index contributed by atoms with van der Waals surface area (Å²) in [4.78, 5) is 13.9. The van der Waals surface area contributed by atoms with Gasteiger partial charge in [0.2, 0.25) is 5.91 Å². The molecular formula is C26H38N2O. The van der Waals surface area contributed by atoms with E-state index in [0.29, 0.717) is 29.8 Å². The predicted molar refractivity (Wildman–Crippen MR) is 117 cm³/mol. The average Bonchev–Trinajstić information content (AvgIpc) is 3.12. The van der Waals surface area contributed by atoms with E-state index >= 15 is 0 Å². The largest absolute Gasteiger partial charge is 0.353 e. The van der Waals surface area contributed by atoms with Crippen LogP contribution in [0.2, 0.25) is 0 Å². The van der Waals surface area contributed by atoms with Crippen molar-refractivity contribution in [3.63, 3.8) is 0 Å². The first-order valence-electron chi connectivity index (χ1n) is 12.1. The highest BCUT2D eigenvalue weighted by molar-refractivity contribution is 5.85. The molecular weight excluding hydrogens is 356 g/mol. The van der Waals surface area contributed by atoms with Crippen LogP contribution in [-0.2, 0) is 10.2 Å². The van der Waals surface area contributed by atoms with Crippen LogP contribution in [0.4, 0.5) is 0 Å². The van der Waals surface area contributed by atoms with E-state index in [1.165, 1.54) is 24.8 Å². The average molecular weight is 395 g/mol. The molecule has 1 aromatic carbocycles. The van der Waals surface area contributed by atoms with Crippen LogP contribution in [0.15, 0.2) is 30.3 Å². The van der Waals surface area contributed by atoms with Crippen molar-refractivity contribution in [1.82, 2.24) is 5.32 Å². The Labute approximate surface area is 176 Å². The summed E-state index contributed by atoms with van der Waals surface area (Å²) in [6.07, 6.45) is 10.1. The Morgan fingerprint density at radius 2 is 1.86 bits per heavy atom. The molecule has 5 aliphatic carbocycles. The summed E-state index contributed by atoms with van der Waals surface area (Å²) in [5, 5.41) is 3.54. The third-order valence-electron chi connectivity index (χ3n) is 9.51. The second kappa shape index (κ2) is 7.11. The molecule has 158 valence electrons. The van der Waals surface area contributed by atoms with Crippen LogP contribution < -0.4 is 11.1 Å². The molecule has 5 aliphatic rings. The summed E-state index contributed by atoms with van der Waals surface area (Å²) >= 11 is 0. The van der Waals surface area contributed by atoms with Crippen molar-refractivity contribution in [3.8, 4) is 0 Å². The highest BCUT2D eigenvalue weighted by Gasteiger charge is 2.71. The summed E-state index contributed by atoms with van der Waals surface area (Å²) in [6.45, 7) is 4.76. The van der Waals surface area contributed by atoms with E-state index < -0.39 is 0 Å². The van der Waals surface area contributed by atoms with Gasteiger partial charge >= 0.3 is 0 Å². The second-order valence-corrected chi connectivity index (χ2v) is 11.0. The summed E-state index contributed by atoms with van der Waals surface area (Å²) in [6, 6.07) is 11.8. The number of rotatable bonds is 5. The molecule has 0 aliphatic heterocycles. The van der Waals surface area contributed by atoms with Gasteiger partial charge in [-0.25, -0.2) is 0 Å². The fraction of sp³-hybridized carbons (Fsp3) is 0.731. The Bertz CT molecular complexity index is 755. The number of amides is 1. The maximum Gasteiger partial charge on any atom is 0.226 e. The number of hydrogen-bond acceptors (Lipinski definition) is 2. The molecule has 3 nitrogen and oxygen atoms in total. The molecule has 6 atom stereocenters. The van der Waals surface area contributed by atoms with Gasteiger partial charge in [-0.3, -0.25) is 4.79 Å². The third-order valence-corrected chi connectivity index (χ3v) is 9.51. The number of hydrogen-bond donors (Lipinski definition) is 2. The van der Waals surface area contributed by atoms with E-state index in [4.69, 9.17) is 5.73 Å². The van der Waals surface area contributed by atoms with Gasteiger partial charge in [0, 0.05) is 12.1 Å². The minimum absolute atomic E-state index is 0.133. The molecule has 0 saturated heterocycles. The molecule has 3 N–H and O–H groups in total. The monoisotopic (exact) mass is 394 g/mol. The Balaban J connectivity index is 1.44. The van der Waals surface area contributed by atoms with Gasteiger partial charge < -0.3 is 11.1 Å². The van der Waals surface area contributed by atoms with E-state index in [-0.39, 0.29) is 10.8 Å². The quantitative estimate of drug-likeness (QED) is 0.754. The van der Waals surface area contributed by atoms with E-state index in [2.05, 4.69) is 49.5 Å². The van der Waals surface area contributed by atoms with Crippen molar-refractivity contribution < 1.29 is 4.79 Å². The van der Waals surface area contributed by atoms with E-state index in [1.54, 1.807) is 0 Å². The Hall–Kier alpha value is -1.35. The number of nitrogens with two attached hydrogens (primary N) is 1. The van der Waals surface area contributed by atoms with Crippen molar-refractivity contribution >= 4 is 5.91 Å². The number of carbonyl (C=O) groups excluding carboxylic acids is 1. The van der Waals surface area contributed by atoms with E-state index in [0.717, 1.165) is 50.4 Å². The Morgan fingerprint density at radius 1 is 1.14 bits per heavy atom. The maximum absolute atomic E-state index is 13.9. The fourth-order valence-electron chi connectivity index (χ4n) is 8.15. The van der Waals surface area contributed by atoms with Gasteiger partial charge in [-0.05, 0) is 86.0 Å². The molecule has 1 aromatic rings. The van der Waals surface area contributed by atoms with E-state index in [1.807, 2.05) is 0 Å². The molecule has 6 unspecified atom stereocenters. The molecule has 0 aromatic heterocycles. The number of benzene rings is 1. The molecule has 29 heavy (non-hydrogen) atoms. The van der Waals surface area contributed by atoms with Gasteiger partial charge in [-0.2, -0.15) is 0 Å². The Morgan fingerprint density at radius 3 is 2.55 bits per heavy atom. The summed E-state index contributed by atoms with van der Waals surface area (Å²) in [7, 11) is 0. The molecule has 4 bridgehead atoms. The standard InChI is InChI=1S/C26H38N2O/c1-3-17(2)23-18-13-25(19-7-5-4-6-8-19)15-22(23)26(14-18,16-25)24(29)28-21-11-9-20(27)10-12-21/h4-8,17-18,20-23H,3,9-16,27H2,1-2H3,(H,28,29). The molecule has 1 amide bonds. The minimum Gasteiger partial charge on any atom is -0.353 e. The molecule has 5 saturated carbocycles. The van der Waals surface area contributed by atoms with Gasteiger partial charge in [0.15, 0.2) is 0 Å². The minimum atomic E-state index is -0.133. The van der Waals surface area contributed by atoms with Crippen LogP contribution in [0.3, 0.4) is 0 Å². The lowest BCUT2D eigenvalue weighted by Crippen LogP contribution is -2.49. The SMILES string of the molecule is CCC(C)C1C2CC3(c4ccccc4)CC1C(C(=O)NC1CCC(N)CC1)(C2)C3. The second-order valence-electron chi connectivity index (χ2n) is 11.0. The van der Waals surface area contributed by atoms with Crippen LogP contribution in [0.5, 0.6) is 0 Å². The van der Waals surface area contributed by atoms with Crippen molar-refractivity contribution in [2.75, 3.05) is 0 Å². The highest BCUT2D eigenvalue weighted by atomic mass is 16.2. The first-order chi connectivity index (χ1) is 14.0. The van der Waals surface area contributed by atoms with Crippen LogP contribution in [0.25, 0.3) is 0 Å². The van der Waals surface area contributed by atoms with Crippen molar-refractivity contribution in [2.24, 2.45) is 34.8 Å². The summed E-state index contributed by atoms with van der Waals surface area (Å²) in [5.41, 5.74) is 7.67. The third kappa shape index (κ3) is 2.99. The van der Waals surface area contributed by atoms with Gasteiger partial charge in [0.05, 0.1) is 5.41 Å². The number of carbonyl (C=O) groups is 1. The van der Waals surface area contributed by atoms with Crippen LogP contribution >= 0.6 is 0 Å². The molecule has 5 fully saturated rings. The van der Waals surface area contributed by atoms with Gasteiger partial charge in [-0.15, -0.1) is 0 Å². The van der Waals surface area contributed by atoms with Crippen molar-refractivity contribution in [2.45, 2.75) is 89.1 Å². The topological polar surface area (TPSA) is 55.1 Å². The Kier molecular flexibility index (Phi) is 4.81. The first-order valence-corrected chi connectivity index (χ1v) is 12.1. The van der Waals surface area contributed by atoms with Crippen LogP contribution in [0, 0.1) is 29.1 Å². The summed E-state index contributed by atoms with van der Waals surface area (Å²) < 4.78 is 0. The van der Waals surface area contributed by atoms with Crippen molar-refractivity contribution in [3.05, 3.63) is 35.9 Å². The zero-order valence-electron chi connectivity index (χ0n) is 18.2. The zero-order chi connectivity index (χ0) is 20.2. The lowest BCUT2D eigenvalue weighted by molar-refractivity contribution is -0.134. The molecule has 0 spiro atoms. The molecule has 3 heteroatoms. The lowest BCUT2D eigenvalue weighted by atomic mass is 9.60. The highest BCUT2D eigenvalue weighted by Crippen LogP contribution is 2.74. The maximum atomic E-state index is 13.9. The van der Waals surface area contributed by atoms with Gasteiger partial charge in [0.25, 0.3) is 0 Å². The fourth-order valence-corrected chi connectivity index (χ4v) is 8.15. The normalized spacial score (nSPS) is 44.0. The number of nitrogens with one attached hydrogen (secondary N) is 1. The first kappa shape index (κ1) is 19.6. The molecule has 6 rings (SSSR count). The zero-order valence-corrected chi connectivity index (χ0v) is 18.2. The lowest BCUT2D eigenvalue weighted by Gasteiger charge is -2.44. The van der Waals surface area contributed by atoms with Crippen molar-refractivity contribution in [1.29, 1.82) is 0 Å². The molecule has 0 radical (unpaired) electrons.